The minimum absolute atomic E-state index is 0.146. The maximum Gasteiger partial charge on any atom is 0.410 e. The SMILES string of the molecule is Cc1cc2c(cc1-c1cnn(C)c1)CCCN2c1nn(C2CCN(C(=O)OCc3ccccc3)CC2)c2c1CN(C(=O)OC(C)(C)C)CC2. The highest BCUT2D eigenvalue weighted by molar-refractivity contribution is 5.77. The van der Waals surface area contributed by atoms with E-state index in [0.717, 1.165) is 54.7 Å². The molecule has 2 aromatic heterocycles. The number of fused-ring (bicyclic) bond motifs is 2. The van der Waals surface area contributed by atoms with Crippen LogP contribution in [0.15, 0.2) is 54.9 Å². The average Bonchev–Trinajstić information content (AvgIpc) is 3.69. The second-order valence-corrected chi connectivity index (χ2v) is 14.6. The van der Waals surface area contributed by atoms with E-state index in [1.165, 1.54) is 28.1 Å². The molecule has 1 fully saturated rings. The van der Waals surface area contributed by atoms with Gasteiger partial charge in [0.1, 0.15) is 12.2 Å². The predicted molar refractivity (Wildman–Crippen MR) is 188 cm³/mol. The van der Waals surface area contributed by atoms with Crippen molar-refractivity contribution in [3.8, 4) is 11.1 Å². The van der Waals surface area contributed by atoms with Gasteiger partial charge in [-0.2, -0.15) is 10.2 Å². The van der Waals surface area contributed by atoms with Crippen molar-refractivity contribution >= 4 is 23.7 Å². The number of benzene rings is 2. The van der Waals surface area contributed by atoms with E-state index in [1.54, 1.807) is 0 Å². The van der Waals surface area contributed by atoms with Crippen LogP contribution in [0.2, 0.25) is 0 Å². The second kappa shape index (κ2) is 13.2. The molecular weight excluding hydrogens is 618 g/mol. The van der Waals surface area contributed by atoms with Gasteiger partial charge < -0.3 is 24.2 Å². The van der Waals surface area contributed by atoms with Gasteiger partial charge in [0, 0.05) is 68.4 Å². The first kappa shape index (κ1) is 32.7. The number of amides is 2. The van der Waals surface area contributed by atoms with Gasteiger partial charge in [0.2, 0.25) is 0 Å². The number of carbonyl (C=O) groups is 2. The summed E-state index contributed by atoms with van der Waals surface area (Å²) >= 11 is 0. The number of piperidine rings is 1. The van der Waals surface area contributed by atoms with Crippen LogP contribution in [0.5, 0.6) is 0 Å². The number of ether oxygens (including phenoxy) is 2. The molecule has 0 atom stereocenters. The molecule has 49 heavy (non-hydrogen) atoms. The highest BCUT2D eigenvalue weighted by Crippen LogP contribution is 2.42. The van der Waals surface area contributed by atoms with Crippen molar-refractivity contribution in [1.82, 2.24) is 29.4 Å². The molecule has 3 aliphatic heterocycles. The lowest BCUT2D eigenvalue weighted by atomic mass is 9.93. The summed E-state index contributed by atoms with van der Waals surface area (Å²) in [6.45, 7) is 11.2. The van der Waals surface area contributed by atoms with Crippen molar-refractivity contribution in [3.63, 3.8) is 0 Å². The topological polar surface area (TPSA) is 98.0 Å². The van der Waals surface area contributed by atoms with E-state index in [2.05, 4.69) is 39.9 Å². The first-order valence-corrected chi connectivity index (χ1v) is 17.5. The first-order valence-electron chi connectivity index (χ1n) is 17.5. The number of anilines is 2. The quantitative estimate of drug-likeness (QED) is 0.228. The summed E-state index contributed by atoms with van der Waals surface area (Å²) in [6, 6.07) is 14.5. The van der Waals surface area contributed by atoms with Crippen LogP contribution in [0.25, 0.3) is 11.1 Å². The van der Waals surface area contributed by atoms with E-state index in [4.69, 9.17) is 14.6 Å². The zero-order valence-corrected chi connectivity index (χ0v) is 29.3. The molecule has 2 aromatic carbocycles. The Labute approximate surface area is 288 Å². The summed E-state index contributed by atoms with van der Waals surface area (Å²) < 4.78 is 15.5. The third kappa shape index (κ3) is 6.89. The number of aryl methyl sites for hydroxylation is 3. The van der Waals surface area contributed by atoms with E-state index in [0.29, 0.717) is 32.6 Å². The molecule has 7 rings (SSSR count). The minimum Gasteiger partial charge on any atom is -0.445 e. The molecule has 11 nitrogen and oxygen atoms in total. The summed E-state index contributed by atoms with van der Waals surface area (Å²) in [7, 11) is 1.94. The molecule has 0 radical (unpaired) electrons. The molecule has 258 valence electrons. The Morgan fingerprint density at radius 1 is 0.959 bits per heavy atom. The molecule has 0 bridgehead atoms. The fourth-order valence-corrected chi connectivity index (χ4v) is 7.36. The van der Waals surface area contributed by atoms with Crippen LogP contribution in [-0.4, -0.2) is 73.3 Å². The summed E-state index contributed by atoms with van der Waals surface area (Å²) in [5, 5.41) is 9.79. The smallest absolute Gasteiger partial charge is 0.410 e. The van der Waals surface area contributed by atoms with Gasteiger partial charge in [-0.3, -0.25) is 9.36 Å². The van der Waals surface area contributed by atoms with Crippen molar-refractivity contribution < 1.29 is 19.1 Å². The van der Waals surface area contributed by atoms with Gasteiger partial charge in [0.15, 0.2) is 5.82 Å². The summed E-state index contributed by atoms with van der Waals surface area (Å²) in [5.41, 5.74) is 8.64. The van der Waals surface area contributed by atoms with Gasteiger partial charge in [0.25, 0.3) is 0 Å². The molecular formula is C38H47N7O4. The van der Waals surface area contributed by atoms with Crippen LogP contribution < -0.4 is 4.90 Å². The van der Waals surface area contributed by atoms with Gasteiger partial charge in [-0.05, 0) is 87.8 Å². The zero-order valence-electron chi connectivity index (χ0n) is 29.3. The molecule has 3 aliphatic rings. The Bertz CT molecular complexity index is 1830. The van der Waals surface area contributed by atoms with Crippen molar-refractivity contribution in [2.75, 3.05) is 31.1 Å². The number of nitrogens with zero attached hydrogens (tertiary/aromatic N) is 7. The van der Waals surface area contributed by atoms with E-state index < -0.39 is 5.60 Å². The Morgan fingerprint density at radius 3 is 2.45 bits per heavy atom. The maximum atomic E-state index is 13.3. The third-order valence-electron chi connectivity index (χ3n) is 9.81. The van der Waals surface area contributed by atoms with Crippen LogP contribution in [0.3, 0.4) is 0 Å². The standard InChI is InChI=1S/C38H47N7O4/c1-26-20-34-28(21-31(26)29-22-39-41(5)23-29)12-9-16-44(34)35-32-24-43(37(47)49-38(2,3)4)19-15-33(32)45(40-35)30-13-17-42(18-14-30)36(46)48-25-27-10-7-6-8-11-27/h6-8,10-11,20-23,30H,9,12-19,24-25H2,1-5H3. The highest BCUT2D eigenvalue weighted by Gasteiger charge is 2.36. The molecule has 0 N–H and O–H groups in total. The number of rotatable bonds is 5. The lowest BCUT2D eigenvalue weighted by Gasteiger charge is -2.34. The fourth-order valence-electron chi connectivity index (χ4n) is 7.36. The Kier molecular flexibility index (Phi) is 8.85. The van der Waals surface area contributed by atoms with Crippen LogP contribution >= 0.6 is 0 Å². The molecule has 1 saturated heterocycles. The van der Waals surface area contributed by atoms with Crippen LogP contribution in [-0.2, 0) is 42.5 Å². The zero-order chi connectivity index (χ0) is 34.3. The lowest BCUT2D eigenvalue weighted by Crippen LogP contribution is -2.41. The summed E-state index contributed by atoms with van der Waals surface area (Å²) in [6.07, 6.45) is 7.68. The van der Waals surface area contributed by atoms with E-state index in [-0.39, 0.29) is 24.8 Å². The van der Waals surface area contributed by atoms with Gasteiger partial charge in [-0.15, -0.1) is 0 Å². The number of carbonyl (C=O) groups excluding carboxylic acids is 2. The third-order valence-corrected chi connectivity index (χ3v) is 9.81. The van der Waals surface area contributed by atoms with Crippen LogP contribution in [0, 0.1) is 6.92 Å². The number of aromatic nitrogens is 4. The van der Waals surface area contributed by atoms with Gasteiger partial charge in [-0.1, -0.05) is 30.3 Å². The molecule has 0 spiro atoms. The maximum absolute atomic E-state index is 13.3. The molecule has 11 heteroatoms. The minimum atomic E-state index is -0.574. The van der Waals surface area contributed by atoms with E-state index in [9.17, 15) is 9.59 Å². The highest BCUT2D eigenvalue weighted by atomic mass is 16.6. The fraction of sp³-hybridized carbons (Fsp3) is 0.474. The second-order valence-electron chi connectivity index (χ2n) is 14.6. The normalized spacial score (nSPS) is 16.7. The molecule has 0 saturated carbocycles. The Balaban J connectivity index is 1.16. The van der Waals surface area contributed by atoms with Gasteiger partial charge in [-0.25, -0.2) is 9.59 Å². The van der Waals surface area contributed by atoms with Crippen LogP contribution in [0.4, 0.5) is 21.1 Å². The number of likely N-dealkylation sites (tertiary alicyclic amines) is 1. The van der Waals surface area contributed by atoms with Crippen molar-refractivity contribution in [2.24, 2.45) is 7.05 Å². The summed E-state index contributed by atoms with van der Waals surface area (Å²) in [4.78, 5) is 32.2. The van der Waals surface area contributed by atoms with Crippen molar-refractivity contribution in [2.45, 2.75) is 84.6 Å². The predicted octanol–water partition coefficient (Wildman–Crippen LogP) is 6.94. The molecule has 0 unspecified atom stereocenters. The van der Waals surface area contributed by atoms with Crippen molar-refractivity contribution in [1.29, 1.82) is 0 Å². The van der Waals surface area contributed by atoms with Gasteiger partial charge in [0.05, 0.1) is 18.8 Å². The molecule has 5 heterocycles. The van der Waals surface area contributed by atoms with Crippen LogP contribution in [0.1, 0.15) is 74.0 Å². The molecule has 0 aliphatic carbocycles. The summed E-state index contributed by atoms with van der Waals surface area (Å²) in [5.74, 6) is 0.919. The average molecular weight is 666 g/mol. The number of hydrogen-bond donors (Lipinski definition) is 0. The number of hydrogen-bond acceptors (Lipinski definition) is 7. The van der Waals surface area contributed by atoms with Crippen molar-refractivity contribution in [3.05, 3.63) is 82.8 Å². The monoisotopic (exact) mass is 665 g/mol. The Morgan fingerprint density at radius 2 is 1.73 bits per heavy atom. The van der Waals surface area contributed by atoms with E-state index >= 15 is 0 Å². The lowest BCUT2D eigenvalue weighted by molar-refractivity contribution is 0.0222. The largest absolute Gasteiger partial charge is 0.445 e. The first-order chi connectivity index (χ1) is 23.5. The van der Waals surface area contributed by atoms with E-state index in [1.807, 2.05) is 78.8 Å². The molecule has 2 amide bonds. The van der Waals surface area contributed by atoms with Gasteiger partial charge >= 0.3 is 12.2 Å². The molecule has 4 aromatic rings. The Hall–Kier alpha value is -4.80.